The van der Waals surface area contributed by atoms with E-state index in [4.69, 9.17) is 0 Å². The van der Waals surface area contributed by atoms with Gasteiger partial charge in [-0.3, -0.25) is 0 Å². The van der Waals surface area contributed by atoms with Gasteiger partial charge in [0.25, 0.3) is 0 Å². The average Bonchev–Trinajstić information content (AvgIpc) is 3.02. The van der Waals surface area contributed by atoms with Crippen molar-refractivity contribution in [3.8, 4) is 0 Å². The van der Waals surface area contributed by atoms with Crippen LogP contribution in [0.15, 0.2) is 11.1 Å². The van der Waals surface area contributed by atoms with Crippen molar-refractivity contribution in [3.05, 3.63) is 11.1 Å². The first-order valence-electron chi connectivity index (χ1n) is 21.0. The fourth-order valence-corrected chi connectivity index (χ4v) is 7.02. The normalized spacial score (nSPS) is 10.9. The summed E-state index contributed by atoms with van der Waals surface area (Å²) in [6.07, 6.45) is 53.6. The van der Waals surface area contributed by atoms with Crippen LogP contribution in [0.4, 0.5) is 0 Å². The fourth-order valence-electron chi connectivity index (χ4n) is 7.02. The summed E-state index contributed by atoms with van der Waals surface area (Å²) in [5.41, 5.74) is 3.89. The van der Waals surface area contributed by atoms with Crippen LogP contribution in [0.1, 0.15) is 265 Å². The van der Waals surface area contributed by atoms with Crippen molar-refractivity contribution in [2.45, 2.75) is 265 Å². The number of hydrogen-bond donors (Lipinski definition) is 2. The summed E-state index contributed by atoms with van der Waals surface area (Å²) in [5, 5.41) is 0. The summed E-state index contributed by atoms with van der Waals surface area (Å²) < 4.78 is 0. The predicted molar refractivity (Wildman–Crippen MR) is 211 cm³/mol. The van der Waals surface area contributed by atoms with Gasteiger partial charge in [0, 0.05) is 0 Å². The molecule has 0 bridgehead atoms. The molecule has 0 aromatic carbocycles. The van der Waals surface area contributed by atoms with Crippen LogP contribution in [0, 0.1) is 0 Å². The Morgan fingerprint density at radius 2 is 0.333 bits per heavy atom. The van der Waals surface area contributed by atoms with Crippen molar-refractivity contribution in [3.63, 3.8) is 0 Å². The molecule has 0 rings (SSSR count). The molecule has 6 N–H and O–H groups in total. The minimum Gasteiger partial charge on any atom is -0.344 e. The molecule has 0 aliphatic carbocycles. The molecule has 0 aromatic rings. The molecule has 0 aliphatic rings. The molecule has 0 aromatic heterocycles. The van der Waals surface area contributed by atoms with E-state index in [1.54, 1.807) is 0 Å². The highest BCUT2D eigenvalue weighted by molar-refractivity contribution is 5.15. The number of allylic oxidation sites excluding steroid dienone is 2. The Hall–Kier alpha value is -0.340. The Morgan fingerprint density at radius 1 is 0.200 bits per heavy atom. The van der Waals surface area contributed by atoms with Crippen LogP contribution in [0.5, 0.6) is 0 Å². The molecular formula is C43H92N2. The minimum absolute atomic E-state index is 0. The average molecular weight is 637 g/mol. The lowest BCUT2D eigenvalue weighted by atomic mass is 9.89. The molecule has 0 fully saturated rings. The second-order valence-corrected chi connectivity index (χ2v) is 14.5. The smallest absolute Gasteiger partial charge is 0.0318 e. The van der Waals surface area contributed by atoms with E-state index in [0.29, 0.717) is 0 Å². The molecule has 0 radical (unpaired) electrons. The summed E-state index contributed by atoms with van der Waals surface area (Å²) in [7, 11) is 0. The third-order valence-corrected chi connectivity index (χ3v) is 10.1. The van der Waals surface area contributed by atoms with Gasteiger partial charge >= 0.3 is 0 Å². The summed E-state index contributed by atoms with van der Waals surface area (Å²) in [6, 6.07) is 0. The molecule has 0 amide bonds. The standard InChI is InChI=1S/C43H86.2H3N/c1-5-9-13-17-21-25-29-33-37-41-43(40-36-32-28-24-20-16-12-8-4)42(38-34-30-26-22-18-14-10-6-2)39-35-31-27-23-19-15-11-7-3;;/h5-41H2,1-4H3;2*1H3. The molecule has 0 aliphatic heterocycles. The van der Waals surface area contributed by atoms with Gasteiger partial charge in [-0.25, -0.2) is 0 Å². The van der Waals surface area contributed by atoms with Crippen molar-refractivity contribution in [1.29, 1.82) is 0 Å². The topological polar surface area (TPSA) is 70.0 Å². The lowest BCUT2D eigenvalue weighted by molar-refractivity contribution is 0.543. The van der Waals surface area contributed by atoms with E-state index in [1.807, 2.05) is 11.1 Å². The Morgan fingerprint density at radius 3 is 0.489 bits per heavy atom. The summed E-state index contributed by atoms with van der Waals surface area (Å²) >= 11 is 0. The Kier molecular flexibility index (Phi) is 47.6. The zero-order valence-corrected chi connectivity index (χ0v) is 32.6. The maximum atomic E-state index is 2.33. The molecule has 274 valence electrons. The SMILES string of the molecule is CCCCCCCCCCCC(CCCCCCCCCC)=C(CCCCCCCCCC)CCCCCCCCCC.N.N. The second-order valence-electron chi connectivity index (χ2n) is 14.5. The van der Waals surface area contributed by atoms with Gasteiger partial charge in [0.2, 0.25) is 0 Å². The van der Waals surface area contributed by atoms with Crippen LogP contribution in [-0.4, -0.2) is 0 Å². The molecule has 0 unspecified atom stereocenters. The monoisotopic (exact) mass is 637 g/mol. The van der Waals surface area contributed by atoms with E-state index in [0.717, 1.165) is 0 Å². The van der Waals surface area contributed by atoms with Crippen molar-refractivity contribution in [2.75, 3.05) is 0 Å². The number of rotatable bonds is 37. The largest absolute Gasteiger partial charge is 0.344 e. The predicted octanol–water partition coefficient (Wildman–Crippen LogP) is 17.1. The highest BCUT2D eigenvalue weighted by atomic mass is 14.2. The first-order valence-corrected chi connectivity index (χ1v) is 21.0. The van der Waals surface area contributed by atoms with Gasteiger partial charge in [-0.15, -0.1) is 0 Å². The molecule has 45 heavy (non-hydrogen) atoms. The lowest BCUT2D eigenvalue weighted by Gasteiger charge is -2.17. The quantitative estimate of drug-likeness (QED) is 0.0526. The van der Waals surface area contributed by atoms with E-state index in [9.17, 15) is 0 Å². The van der Waals surface area contributed by atoms with E-state index in [2.05, 4.69) is 27.7 Å². The third kappa shape index (κ3) is 38.0. The van der Waals surface area contributed by atoms with Crippen molar-refractivity contribution in [1.82, 2.24) is 12.3 Å². The second kappa shape index (κ2) is 43.7. The van der Waals surface area contributed by atoms with Crippen LogP contribution < -0.4 is 12.3 Å². The fraction of sp³-hybridized carbons (Fsp3) is 0.953. The van der Waals surface area contributed by atoms with Gasteiger partial charge < -0.3 is 12.3 Å². The Bertz CT molecular complexity index is 518. The first-order chi connectivity index (χ1) is 21.3. The van der Waals surface area contributed by atoms with Gasteiger partial charge in [-0.1, -0.05) is 225 Å². The highest BCUT2D eigenvalue weighted by Gasteiger charge is 2.09. The Balaban J connectivity index is -0.00000882. The first kappa shape index (κ1) is 49.1. The Labute approximate surface area is 288 Å². The third-order valence-electron chi connectivity index (χ3n) is 10.1. The molecule has 2 heteroatoms. The van der Waals surface area contributed by atoms with Gasteiger partial charge in [0.15, 0.2) is 0 Å². The maximum absolute atomic E-state index is 2.33. The van der Waals surface area contributed by atoms with Crippen LogP contribution >= 0.6 is 0 Å². The van der Waals surface area contributed by atoms with Crippen LogP contribution in [0.25, 0.3) is 0 Å². The minimum atomic E-state index is 0. The van der Waals surface area contributed by atoms with Crippen molar-refractivity contribution >= 4 is 0 Å². The molecule has 2 nitrogen and oxygen atoms in total. The van der Waals surface area contributed by atoms with Gasteiger partial charge in [-0.2, -0.15) is 0 Å². The summed E-state index contributed by atoms with van der Waals surface area (Å²) in [6.45, 7) is 9.33. The highest BCUT2D eigenvalue weighted by Crippen LogP contribution is 2.29. The molecule has 0 heterocycles. The van der Waals surface area contributed by atoms with Gasteiger partial charge in [0.1, 0.15) is 0 Å². The molecular weight excluding hydrogens is 544 g/mol. The number of unbranched alkanes of at least 4 members (excludes halogenated alkanes) is 29. The van der Waals surface area contributed by atoms with Gasteiger partial charge in [0.05, 0.1) is 0 Å². The van der Waals surface area contributed by atoms with Crippen LogP contribution in [-0.2, 0) is 0 Å². The molecule has 0 saturated heterocycles. The summed E-state index contributed by atoms with van der Waals surface area (Å²) in [5.74, 6) is 0. The summed E-state index contributed by atoms with van der Waals surface area (Å²) in [4.78, 5) is 0. The van der Waals surface area contributed by atoms with Crippen LogP contribution in [0.3, 0.4) is 0 Å². The lowest BCUT2D eigenvalue weighted by Crippen LogP contribution is -1.97. The molecule has 0 spiro atoms. The van der Waals surface area contributed by atoms with Crippen LogP contribution in [0.2, 0.25) is 0 Å². The molecule has 0 atom stereocenters. The zero-order valence-electron chi connectivity index (χ0n) is 32.6. The molecule has 0 saturated carbocycles. The van der Waals surface area contributed by atoms with Crippen molar-refractivity contribution < 1.29 is 0 Å². The van der Waals surface area contributed by atoms with E-state index < -0.39 is 0 Å². The number of hydrogen-bond acceptors (Lipinski definition) is 2. The van der Waals surface area contributed by atoms with Crippen molar-refractivity contribution in [2.24, 2.45) is 0 Å². The van der Waals surface area contributed by atoms with E-state index in [-0.39, 0.29) is 12.3 Å². The van der Waals surface area contributed by atoms with E-state index in [1.165, 1.54) is 238 Å². The van der Waals surface area contributed by atoms with Gasteiger partial charge in [-0.05, 0) is 51.4 Å². The van der Waals surface area contributed by atoms with E-state index >= 15 is 0 Å². The zero-order chi connectivity index (χ0) is 31.3. The maximum Gasteiger partial charge on any atom is -0.0318 e.